The second kappa shape index (κ2) is 9.01. The number of hydrogen-bond donors (Lipinski definition) is 2. The number of nitrogens with one attached hydrogen (secondary N) is 2. The lowest BCUT2D eigenvalue weighted by atomic mass is 10.1. The van der Waals surface area contributed by atoms with Gasteiger partial charge in [0.15, 0.2) is 11.1 Å². The summed E-state index contributed by atoms with van der Waals surface area (Å²) in [6, 6.07) is 8.21. The number of fused-ring (bicyclic) bond motifs is 1. The maximum absolute atomic E-state index is 5.28. The highest BCUT2D eigenvalue weighted by molar-refractivity contribution is 7.22. The first-order valence-corrected chi connectivity index (χ1v) is 9.73. The molecule has 2 heterocycles. The van der Waals surface area contributed by atoms with E-state index >= 15 is 0 Å². The van der Waals surface area contributed by atoms with Crippen LogP contribution in [0.15, 0.2) is 29.3 Å². The van der Waals surface area contributed by atoms with Crippen molar-refractivity contribution in [1.82, 2.24) is 15.2 Å². The number of nitrogens with zero attached hydrogens (tertiary/aromatic N) is 3. The van der Waals surface area contributed by atoms with E-state index in [1.54, 1.807) is 18.4 Å². The fourth-order valence-corrected chi connectivity index (χ4v) is 3.99. The molecule has 7 heteroatoms. The highest BCUT2D eigenvalue weighted by atomic mass is 32.1. The normalized spacial score (nSPS) is 18.1. The summed E-state index contributed by atoms with van der Waals surface area (Å²) in [6.07, 6.45) is 1.17. The van der Waals surface area contributed by atoms with Crippen LogP contribution in [0.2, 0.25) is 0 Å². The summed E-state index contributed by atoms with van der Waals surface area (Å²) < 4.78 is 6.49. The van der Waals surface area contributed by atoms with Crippen molar-refractivity contribution in [1.29, 1.82) is 0 Å². The lowest BCUT2D eigenvalue weighted by molar-refractivity contribution is 0.157. The van der Waals surface area contributed by atoms with Gasteiger partial charge in [0.25, 0.3) is 0 Å². The third-order valence-electron chi connectivity index (χ3n) is 4.27. The third kappa shape index (κ3) is 4.83. The molecule has 1 aromatic carbocycles. The van der Waals surface area contributed by atoms with E-state index < -0.39 is 0 Å². The minimum Gasteiger partial charge on any atom is -0.384 e. The zero-order valence-corrected chi connectivity index (χ0v) is 15.8. The Labute approximate surface area is 153 Å². The number of benzene rings is 1. The molecular formula is C18H27N5OS. The van der Waals surface area contributed by atoms with Crippen molar-refractivity contribution in [3.05, 3.63) is 24.3 Å². The summed E-state index contributed by atoms with van der Waals surface area (Å²) in [5, 5.41) is 7.75. The maximum atomic E-state index is 5.28. The summed E-state index contributed by atoms with van der Waals surface area (Å²) in [5.41, 5.74) is 1.05. The van der Waals surface area contributed by atoms with Gasteiger partial charge < -0.3 is 20.3 Å². The minimum atomic E-state index is 0.606. The molecule has 3 rings (SSSR count). The van der Waals surface area contributed by atoms with Crippen LogP contribution in [0, 0.1) is 5.92 Å². The molecule has 0 aliphatic carbocycles. The van der Waals surface area contributed by atoms with Crippen molar-refractivity contribution in [2.75, 3.05) is 51.8 Å². The Bertz CT molecular complexity index is 669. The molecule has 6 nitrogen and oxygen atoms in total. The van der Waals surface area contributed by atoms with Gasteiger partial charge in [0, 0.05) is 39.2 Å². The number of hydrogen-bond acceptors (Lipinski definition) is 5. The van der Waals surface area contributed by atoms with Crippen LogP contribution in [0.3, 0.4) is 0 Å². The maximum Gasteiger partial charge on any atom is 0.193 e. The summed E-state index contributed by atoms with van der Waals surface area (Å²) in [5.74, 6) is 1.61. The average molecular weight is 362 g/mol. The van der Waals surface area contributed by atoms with Gasteiger partial charge in [-0.1, -0.05) is 23.5 Å². The van der Waals surface area contributed by atoms with Gasteiger partial charge in [0.2, 0.25) is 0 Å². The molecule has 2 aromatic rings. The van der Waals surface area contributed by atoms with Gasteiger partial charge in [-0.15, -0.1) is 0 Å². The Morgan fingerprint density at radius 2 is 2.32 bits per heavy atom. The summed E-state index contributed by atoms with van der Waals surface area (Å²) in [6.45, 7) is 7.39. The number of aliphatic imine (C=N–C) groups is 1. The van der Waals surface area contributed by atoms with Crippen LogP contribution in [0.5, 0.6) is 0 Å². The highest BCUT2D eigenvalue weighted by Crippen LogP contribution is 2.25. The number of aromatic nitrogens is 1. The molecule has 0 bridgehead atoms. The molecule has 1 unspecified atom stereocenters. The predicted octanol–water partition coefficient (Wildman–Crippen LogP) is 2.64. The summed E-state index contributed by atoms with van der Waals surface area (Å²) in [7, 11) is 1.77. The van der Waals surface area contributed by atoms with E-state index in [0.29, 0.717) is 5.92 Å². The van der Waals surface area contributed by atoms with Gasteiger partial charge in [-0.25, -0.2) is 4.98 Å². The largest absolute Gasteiger partial charge is 0.384 e. The fourth-order valence-electron chi connectivity index (χ4n) is 3.10. The van der Waals surface area contributed by atoms with E-state index in [4.69, 9.17) is 9.73 Å². The molecule has 0 radical (unpaired) electrons. The Morgan fingerprint density at radius 3 is 3.12 bits per heavy atom. The van der Waals surface area contributed by atoms with E-state index in [1.165, 1.54) is 11.1 Å². The van der Waals surface area contributed by atoms with E-state index in [-0.39, 0.29) is 0 Å². The molecule has 1 aromatic heterocycles. The average Bonchev–Trinajstić information content (AvgIpc) is 3.24. The lowest BCUT2D eigenvalue weighted by Gasteiger charge is -2.21. The van der Waals surface area contributed by atoms with Gasteiger partial charge >= 0.3 is 0 Å². The Balaban J connectivity index is 1.51. The van der Waals surface area contributed by atoms with Crippen molar-refractivity contribution in [3.63, 3.8) is 0 Å². The zero-order valence-electron chi connectivity index (χ0n) is 15.0. The van der Waals surface area contributed by atoms with Gasteiger partial charge in [0.05, 0.1) is 23.4 Å². The van der Waals surface area contributed by atoms with Gasteiger partial charge in [-0.05, 0) is 25.5 Å². The minimum absolute atomic E-state index is 0.606. The smallest absolute Gasteiger partial charge is 0.193 e. The Hall–Kier alpha value is -1.86. The molecule has 2 N–H and O–H groups in total. The van der Waals surface area contributed by atoms with E-state index in [0.717, 1.165) is 55.9 Å². The SMILES string of the molecule is CCNC(=NCCNc1nc2ccccc2s1)N1CCC(COC)C1. The summed E-state index contributed by atoms with van der Waals surface area (Å²) in [4.78, 5) is 11.7. The number of thiazole rings is 1. The topological polar surface area (TPSA) is 61.8 Å². The molecule has 0 saturated carbocycles. The van der Waals surface area contributed by atoms with Crippen molar-refractivity contribution < 1.29 is 4.74 Å². The van der Waals surface area contributed by atoms with E-state index in [9.17, 15) is 0 Å². The first kappa shape index (κ1) is 17.9. The molecule has 136 valence electrons. The number of anilines is 1. The van der Waals surface area contributed by atoms with E-state index in [1.807, 2.05) is 18.2 Å². The number of likely N-dealkylation sites (tertiary alicyclic amines) is 1. The fraction of sp³-hybridized carbons (Fsp3) is 0.556. The van der Waals surface area contributed by atoms with E-state index in [2.05, 4.69) is 33.5 Å². The monoisotopic (exact) mass is 361 g/mol. The van der Waals surface area contributed by atoms with Crippen LogP contribution in [0.4, 0.5) is 5.13 Å². The number of ether oxygens (including phenoxy) is 1. The molecular weight excluding hydrogens is 334 g/mol. The Morgan fingerprint density at radius 1 is 1.44 bits per heavy atom. The molecule has 1 saturated heterocycles. The number of rotatable bonds is 7. The van der Waals surface area contributed by atoms with Crippen LogP contribution in [-0.2, 0) is 4.74 Å². The van der Waals surface area contributed by atoms with Crippen molar-refractivity contribution in [2.24, 2.45) is 10.9 Å². The third-order valence-corrected chi connectivity index (χ3v) is 5.26. The molecule has 1 atom stereocenters. The zero-order chi connectivity index (χ0) is 17.5. The van der Waals surface area contributed by atoms with Crippen LogP contribution in [-0.4, -0.2) is 62.3 Å². The van der Waals surface area contributed by atoms with Gasteiger partial charge in [0.1, 0.15) is 0 Å². The van der Waals surface area contributed by atoms with Crippen LogP contribution in [0.25, 0.3) is 10.2 Å². The van der Waals surface area contributed by atoms with Crippen LogP contribution >= 0.6 is 11.3 Å². The molecule has 1 fully saturated rings. The van der Waals surface area contributed by atoms with Crippen molar-refractivity contribution in [2.45, 2.75) is 13.3 Å². The van der Waals surface area contributed by atoms with Crippen molar-refractivity contribution >= 4 is 32.6 Å². The van der Waals surface area contributed by atoms with Crippen LogP contribution in [0.1, 0.15) is 13.3 Å². The molecule has 0 spiro atoms. The lowest BCUT2D eigenvalue weighted by Crippen LogP contribution is -2.40. The van der Waals surface area contributed by atoms with Crippen molar-refractivity contribution in [3.8, 4) is 0 Å². The van der Waals surface area contributed by atoms with Gasteiger partial charge in [-0.3, -0.25) is 4.99 Å². The standard InChI is InChI=1S/C18H27N5OS/c1-3-19-17(23-11-8-14(12-23)13-24-2)20-9-10-21-18-22-15-6-4-5-7-16(15)25-18/h4-7,14H,3,8-13H2,1-2H3,(H,19,20)(H,21,22). The molecule has 1 aliphatic rings. The predicted molar refractivity (Wildman–Crippen MR) is 106 cm³/mol. The summed E-state index contributed by atoms with van der Waals surface area (Å²) >= 11 is 1.69. The quantitative estimate of drug-likeness (QED) is 0.451. The van der Waals surface area contributed by atoms with Gasteiger partial charge in [-0.2, -0.15) is 0 Å². The first-order valence-electron chi connectivity index (χ1n) is 8.91. The Kier molecular flexibility index (Phi) is 6.47. The number of guanidine groups is 1. The molecule has 1 aliphatic heterocycles. The second-order valence-electron chi connectivity index (χ2n) is 6.21. The molecule has 25 heavy (non-hydrogen) atoms. The number of para-hydroxylation sites is 1. The first-order chi connectivity index (χ1) is 12.3. The molecule has 0 amide bonds. The van der Waals surface area contributed by atoms with Crippen LogP contribution < -0.4 is 10.6 Å². The highest BCUT2D eigenvalue weighted by Gasteiger charge is 2.24. The number of methoxy groups -OCH3 is 1. The second-order valence-corrected chi connectivity index (χ2v) is 7.24.